The molecule has 0 aliphatic heterocycles. The van der Waals surface area contributed by atoms with Crippen LogP contribution in [0.1, 0.15) is 30.9 Å². The highest BCUT2D eigenvalue weighted by Gasteiger charge is 2.13. The Morgan fingerprint density at radius 3 is 2.17 bits per heavy atom. The molecule has 0 saturated heterocycles. The number of hydrogen-bond acceptors (Lipinski definition) is 6. The van der Waals surface area contributed by atoms with Gasteiger partial charge in [-0.2, -0.15) is 0 Å². The third-order valence-corrected chi connectivity index (χ3v) is 5.15. The summed E-state index contributed by atoms with van der Waals surface area (Å²) in [5.41, 5.74) is 3.14. The fraction of sp³-hybridized carbons (Fsp3) is 0.250. The van der Waals surface area contributed by atoms with E-state index >= 15 is 0 Å². The number of carbonyl (C=O) groups is 3. The standard InChI is InChI=1S/C28H30N2O6/c1-4-34-24-11-6-5-10-23(24)30-26(32)18-35-27(33)17-16-25(31)29-21-12-14-22(15-13-21)36-28-19(2)8-7-9-20(28)3/h5-15H,4,16-18H2,1-3H3,(H,29,31)(H,30,32). The van der Waals surface area contributed by atoms with E-state index in [0.29, 0.717) is 29.5 Å². The second kappa shape index (κ2) is 12.9. The van der Waals surface area contributed by atoms with Crippen LogP contribution in [0.25, 0.3) is 0 Å². The smallest absolute Gasteiger partial charge is 0.306 e. The van der Waals surface area contributed by atoms with Gasteiger partial charge in [-0.05, 0) is 68.3 Å². The summed E-state index contributed by atoms with van der Waals surface area (Å²) in [6.45, 7) is 5.80. The van der Waals surface area contributed by atoms with E-state index in [1.807, 2.05) is 39.0 Å². The second-order valence-corrected chi connectivity index (χ2v) is 8.03. The van der Waals surface area contributed by atoms with Gasteiger partial charge in [0.1, 0.15) is 17.2 Å². The lowest BCUT2D eigenvalue weighted by atomic mass is 10.1. The SMILES string of the molecule is CCOc1ccccc1NC(=O)COC(=O)CCC(=O)Nc1ccc(Oc2c(C)cccc2C)cc1. The zero-order chi connectivity index (χ0) is 25.9. The predicted molar refractivity (Wildman–Crippen MR) is 137 cm³/mol. The van der Waals surface area contributed by atoms with E-state index in [9.17, 15) is 14.4 Å². The summed E-state index contributed by atoms with van der Waals surface area (Å²) in [4.78, 5) is 36.3. The van der Waals surface area contributed by atoms with Crippen molar-refractivity contribution in [2.24, 2.45) is 0 Å². The summed E-state index contributed by atoms with van der Waals surface area (Å²) in [5, 5.41) is 5.37. The molecule has 0 aliphatic rings. The Labute approximate surface area is 210 Å². The van der Waals surface area contributed by atoms with Crippen molar-refractivity contribution >= 4 is 29.2 Å². The number of para-hydroxylation sites is 3. The van der Waals surface area contributed by atoms with Crippen LogP contribution in [0.3, 0.4) is 0 Å². The number of anilines is 2. The molecule has 2 amide bonds. The molecule has 0 unspecified atom stereocenters. The van der Waals surface area contributed by atoms with Gasteiger partial charge in [-0.15, -0.1) is 0 Å². The molecule has 0 aromatic heterocycles. The average molecular weight is 491 g/mol. The highest BCUT2D eigenvalue weighted by molar-refractivity contribution is 5.95. The summed E-state index contributed by atoms with van der Waals surface area (Å²) in [6, 6.07) is 19.9. The molecule has 0 fully saturated rings. The van der Waals surface area contributed by atoms with Crippen LogP contribution in [0.2, 0.25) is 0 Å². The van der Waals surface area contributed by atoms with Crippen molar-refractivity contribution < 1.29 is 28.6 Å². The lowest BCUT2D eigenvalue weighted by Gasteiger charge is -2.12. The van der Waals surface area contributed by atoms with E-state index < -0.39 is 18.5 Å². The predicted octanol–water partition coefficient (Wildman–Crippen LogP) is 5.40. The van der Waals surface area contributed by atoms with Gasteiger partial charge in [0.05, 0.1) is 18.7 Å². The molecule has 3 aromatic rings. The number of carbonyl (C=O) groups excluding carboxylic acids is 3. The molecule has 3 rings (SSSR count). The quantitative estimate of drug-likeness (QED) is 0.349. The van der Waals surface area contributed by atoms with Crippen molar-refractivity contribution in [2.75, 3.05) is 23.8 Å². The van der Waals surface area contributed by atoms with Gasteiger partial charge in [0.25, 0.3) is 5.91 Å². The van der Waals surface area contributed by atoms with E-state index in [0.717, 1.165) is 16.9 Å². The summed E-state index contributed by atoms with van der Waals surface area (Å²) < 4.78 is 16.4. The van der Waals surface area contributed by atoms with Crippen LogP contribution in [0, 0.1) is 13.8 Å². The van der Waals surface area contributed by atoms with E-state index in [2.05, 4.69) is 10.6 Å². The van der Waals surface area contributed by atoms with Gasteiger partial charge in [0.15, 0.2) is 6.61 Å². The van der Waals surface area contributed by atoms with Crippen molar-refractivity contribution in [1.29, 1.82) is 0 Å². The molecule has 188 valence electrons. The summed E-state index contributed by atoms with van der Waals surface area (Å²) in [6.07, 6.45) is -0.226. The van der Waals surface area contributed by atoms with Crippen LogP contribution in [-0.2, 0) is 19.1 Å². The van der Waals surface area contributed by atoms with E-state index in [-0.39, 0.29) is 18.7 Å². The highest BCUT2D eigenvalue weighted by Crippen LogP contribution is 2.29. The Kier molecular flexibility index (Phi) is 9.45. The summed E-state index contributed by atoms with van der Waals surface area (Å²) >= 11 is 0. The van der Waals surface area contributed by atoms with Crippen molar-refractivity contribution in [3.8, 4) is 17.2 Å². The third kappa shape index (κ3) is 7.87. The van der Waals surface area contributed by atoms with E-state index in [1.165, 1.54) is 0 Å². The van der Waals surface area contributed by atoms with Crippen LogP contribution >= 0.6 is 0 Å². The summed E-state index contributed by atoms with van der Waals surface area (Å²) in [5.74, 6) is 0.502. The maximum absolute atomic E-state index is 12.2. The first kappa shape index (κ1) is 26.3. The van der Waals surface area contributed by atoms with Crippen LogP contribution in [0.4, 0.5) is 11.4 Å². The molecular weight excluding hydrogens is 460 g/mol. The molecule has 0 spiro atoms. The molecular formula is C28H30N2O6. The summed E-state index contributed by atoms with van der Waals surface area (Å²) in [7, 11) is 0. The van der Waals surface area contributed by atoms with Gasteiger partial charge in [0.2, 0.25) is 5.91 Å². The molecule has 8 heteroatoms. The zero-order valence-corrected chi connectivity index (χ0v) is 20.6. The van der Waals surface area contributed by atoms with Crippen LogP contribution in [0.15, 0.2) is 66.7 Å². The Morgan fingerprint density at radius 2 is 1.47 bits per heavy atom. The molecule has 0 heterocycles. The van der Waals surface area contributed by atoms with Crippen molar-refractivity contribution in [3.05, 3.63) is 77.9 Å². The number of hydrogen-bond donors (Lipinski definition) is 2. The molecule has 0 aliphatic carbocycles. The van der Waals surface area contributed by atoms with E-state index in [4.69, 9.17) is 14.2 Å². The van der Waals surface area contributed by atoms with Gasteiger partial charge in [-0.1, -0.05) is 30.3 Å². The Bertz CT molecular complexity index is 1190. The molecule has 36 heavy (non-hydrogen) atoms. The highest BCUT2D eigenvalue weighted by atomic mass is 16.5. The number of rotatable bonds is 11. The Morgan fingerprint density at radius 1 is 0.778 bits per heavy atom. The van der Waals surface area contributed by atoms with Crippen molar-refractivity contribution in [2.45, 2.75) is 33.6 Å². The molecule has 3 aromatic carbocycles. The minimum absolute atomic E-state index is 0.0751. The maximum Gasteiger partial charge on any atom is 0.306 e. The minimum atomic E-state index is -0.643. The molecule has 8 nitrogen and oxygen atoms in total. The lowest BCUT2D eigenvalue weighted by molar-refractivity contribution is -0.147. The second-order valence-electron chi connectivity index (χ2n) is 8.03. The first-order chi connectivity index (χ1) is 17.4. The molecule has 0 saturated carbocycles. The number of aryl methyl sites for hydroxylation is 2. The first-order valence-electron chi connectivity index (χ1n) is 11.7. The minimum Gasteiger partial charge on any atom is -0.492 e. The van der Waals surface area contributed by atoms with Crippen LogP contribution < -0.4 is 20.1 Å². The fourth-order valence-electron chi connectivity index (χ4n) is 3.38. The average Bonchev–Trinajstić information content (AvgIpc) is 2.86. The lowest BCUT2D eigenvalue weighted by Crippen LogP contribution is -2.22. The van der Waals surface area contributed by atoms with Crippen LogP contribution in [-0.4, -0.2) is 31.0 Å². The van der Waals surface area contributed by atoms with Gasteiger partial charge in [-0.25, -0.2) is 0 Å². The largest absolute Gasteiger partial charge is 0.492 e. The molecule has 0 bridgehead atoms. The van der Waals surface area contributed by atoms with Crippen LogP contribution in [0.5, 0.6) is 17.2 Å². The molecule has 2 N–H and O–H groups in total. The normalized spacial score (nSPS) is 10.3. The number of benzene rings is 3. The zero-order valence-electron chi connectivity index (χ0n) is 20.6. The van der Waals surface area contributed by atoms with Crippen molar-refractivity contribution in [1.82, 2.24) is 0 Å². The Hall–Kier alpha value is -4.33. The number of ether oxygens (including phenoxy) is 3. The number of nitrogens with one attached hydrogen (secondary N) is 2. The number of amides is 2. The molecule has 0 radical (unpaired) electrons. The molecule has 0 atom stereocenters. The van der Waals surface area contributed by atoms with Gasteiger partial charge >= 0.3 is 5.97 Å². The van der Waals surface area contributed by atoms with Crippen molar-refractivity contribution in [3.63, 3.8) is 0 Å². The third-order valence-electron chi connectivity index (χ3n) is 5.15. The Balaban J connectivity index is 1.40. The van der Waals surface area contributed by atoms with E-state index in [1.54, 1.807) is 48.5 Å². The fourth-order valence-corrected chi connectivity index (χ4v) is 3.38. The first-order valence-corrected chi connectivity index (χ1v) is 11.7. The topological polar surface area (TPSA) is 103 Å². The monoisotopic (exact) mass is 490 g/mol. The number of esters is 1. The van der Waals surface area contributed by atoms with Gasteiger partial charge in [0, 0.05) is 12.1 Å². The van der Waals surface area contributed by atoms with Gasteiger partial charge < -0.3 is 24.8 Å². The van der Waals surface area contributed by atoms with Gasteiger partial charge in [-0.3, -0.25) is 14.4 Å². The maximum atomic E-state index is 12.2.